The van der Waals surface area contributed by atoms with E-state index >= 15 is 0 Å². The van der Waals surface area contributed by atoms with E-state index in [9.17, 15) is 18.0 Å². The summed E-state index contributed by atoms with van der Waals surface area (Å²) in [6, 6.07) is 5.08. The Morgan fingerprint density at radius 1 is 1.11 bits per heavy atom. The normalized spacial score (nSPS) is 23.3. The number of Topliss-reactive ketones (excluding diaryl/α,β-unsaturated/α-hetero) is 1. The summed E-state index contributed by atoms with van der Waals surface area (Å²) in [5.41, 5.74) is 0.454. The second-order valence-corrected chi connectivity index (χ2v) is 9.38. The molecule has 0 amide bonds. The molecule has 0 bridgehead atoms. The molecule has 1 aromatic carbocycles. The van der Waals surface area contributed by atoms with Crippen molar-refractivity contribution < 1.29 is 22.7 Å². The van der Waals surface area contributed by atoms with E-state index in [0.29, 0.717) is 37.5 Å². The lowest BCUT2D eigenvalue weighted by Crippen LogP contribution is -2.48. The zero-order valence-corrected chi connectivity index (χ0v) is 17.0. The van der Waals surface area contributed by atoms with Crippen molar-refractivity contribution in [2.24, 2.45) is 5.92 Å². The molecule has 28 heavy (non-hydrogen) atoms. The first kappa shape index (κ1) is 20.7. The molecule has 1 aromatic rings. The summed E-state index contributed by atoms with van der Waals surface area (Å²) in [5.74, 6) is -0.277. The van der Waals surface area contributed by atoms with Crippen molar-refractivity contribution in [3.63, 3.8) is 0 Å². The number of allylic oxidation sites excluding steroid dienone is 2. The van der Waals surface area contributed by atoms with Crippen molar-refractivity contribution in [2.75, 3.05) is 13.2 Å². The van der Waals surface area contributed by atoms with Gasteiger partial charge in [-0.3, -0.25) is 9.59 Å². The first-order valence-corrected chi connectivity index (χ1v) is 11.3. The highest BCUT2D eigenvalue weighted by atomic mass is 32.2. The lowest BCUT2D eigenvalue weighted by molar-refractivity contribution is -0.150. The maximum Gasteiger partial charge on any atom is 0.324 e. The fourth-order valence-electron chi connectivity index (χ4n) is 3.73. The number of carbonyl (C=O) groups is 2. The standard InChI is InChI=1S/C21H27NO5S/c1-16(23)18-10-12-19(13-11-18)28(25,26)22-14-6-5-9-20(22)21(24)27-15-17-7-3-2-4-8-17/h2-3,10-13,17,20H,4-9,14-15H2,1H3. The molecule has 0 N–H and O–H groups in total. The monoisotopic (exact) mass is 405 g/mol. The van der Waals surface area contributed by atoms with E-state index in [-0.39, 0.29) is 10.7 Å². The van der Waals surface area contributed by atoms with Crippen molar-refractivity contribution in [3.8, 4) is 0 Å². The van der Waals surface area contributed by atoms with Crippen LogP contribution in [0.5, 0.6) is 0 Å². The van der Waals surface area contributed by atoms with Crippen LogP contribution in [0.2, 0.25) is 0 Å². The number of carbonyl (C=O) groups excluding carboxylic acids is 2. The first-order chi connectivity index (χ1) is 13.4. The number of esters is 1. The van der Waals surface area contributed by atoms with Crippen LogP contribution in [0.25, 0.3) is 0 Å². The second kappa shape index (κ2) is 9.01. The van der Waals surface area contributed by atoms with Crippen LogP contribution in [0.3, 0.4) is 0 Å². The molecule has 2 aliphatic rings. The van der Waals surface area contributed by atoms with Gasteiger partial charge in [0.2, 0.25) is 10.0 Å². The number of hydrogen-bond acceptors (Lipinski definition) is 5. The summed E-state index contributed by atoms with van der Waals surface area (Å²) in [6.07, 6.45) is 9.07. The van der Waals surface area contributed by atoms with Crippen LogP contribution < -0.4 is 0 Å². The Morgan fingerprint density at radius 2 is 1.86 bits per heavy atom. The van der Waals surface area contributed by atoms with Gasteiger partial charge in [0.1, 0.15) is 6.04 Å². The van der Waals surface area contributed by atoms with Crippen LogP contribution in [-0.4, -0.2) is 43.7 Å². The number of rotatable bonds is 6. The molecule has 1 aliphatic heterocycles. The predicted octanol–water partition coefficient (Wildman–Crippen LogP) is 3.33. The molecular weight excluding hydrogens is 378 g/mol. The molecule has 2 unspecified atom stereocenters. The van der Waals surface area contributed by atoms with Gasteiger partial charge in [-0.2, -0.15) is 4.31 Å². The molecule has 3 rings (SSSR count). The zero-order valence-electron chi connectivity index (χ0n) is 16.2. The van der Waals surface area contributed by atoms with Crippen LogP contribution in [0.15, 0.2) is 41.3 Å². The molecule has 1 heterocycles. The van der Waals surface area contributed by atoms with Crippen molar-refractivity contribution in [1.82, 2.24) is 4.31 Å². The summed E-state index contributed by atoms with van der Waals surface area (Å²) < 4.78 is 33.0. The Kier molecular flexibility index (Phi) is 6.67. The molecule has 0 aromatic heterocycles. The van der Waals surface area contributed by atoms with E-state index in [1.54, 1.807) is 0 Å². The van der Waals surface area contributed by atoms with Crippen LogP contribution in [-0.2, 0) is 19.6 Å². The molecule has 1 aliphatic carbocycles. The van der Waals surface area contributed by atoms with Crippen molar-refractivity contribution in [2.45, 2.75) is 56.4 Å². The molecule has 0 radical (unpaired) electrons. The van der Waals surface area contributed by atoms with E-state index in [2.05, 4.69) is 12.2 Å². The van der Waals surface area contributed by atoms with Crippen LogP contribution in [0.1, 0.15) is 55.8 Å². The quantitative estimate of drug-likeness (QED) is 0.412. The number of ketones is 1. The van der Waals surface area contributed by atoms with Gasteiger partial charge in [-0.1, -0.05) is 24.3 Å². The SMILES string of the molecule is CC(=O)c1ccc(S(=O)(=O)N2CCCCC2C(=O)OCC2CC=CCC2)cc1. The van der Waals surface area contributed by atoms with E-state index in [1.165, 1.54) is 35.5 Å². The maximum atomic E-state index is 13.1. The topological polar surface area (TPSA) is 80.8 Å². The number of piperidine rings is 1. The lowest BCUT2D eigenvalue weighted by Gasteiger charge is -2.33. The molecule has 2 atom stereocenters. The average molecular weight is 406 g/mol. The Hall–Kier alpha value is -1.99. The van der Waals surface area contributed by atoms with E-state index in [0.717, 1.165) is 25.7 Å². The van der Waals surface area contributed by atoms with Gasteiger partial charge >= 0.3 is 5.97 Å². The number of sulfonamides is 1. The zero-order chi connectivity index (χ0) is 20.1. The Bertz CT molecular complexity index is 844. The molecule has 152 valence electrons. The maximum absolute atomic E-state index is 13.1. The Labute approximate surface area is 166 Å². The molecule has 0 saturated carbocycles. The largest absolute Gasteiger partial charge is 0.464 e. The van der Waals surface area contributed by atoms with Crippen molar-refractivity contribution in [1.29, 1.82) is 0 Å². The number of benzene rings is 1. The fraction of sp³-hybridized carbons (Fsp3) is 0.524. The average Bonchev–Trinajstić information content (AvgIpc) is 2.72. The summed E-state index contributed by atoms with van der Waals surface area (Å²) in [5, 5.41) is 0. The molecule has 1 fully saturated rings. The summed E-state index contributed by atoms with van der Waals surface area (Å²) in [6.45, 7) is 2.06. The summed E-state index contributed by atoms with van der Waals surface area (Å²) >= 11 is 0. The third-order valence-electron chi connectivity index (χ3n) is 5.43. The lowest BCUT2D eigenvalue weighted by atomic mass is 9.95. The Balaban J connectivity index is 1.72. The fourth-order valence-corrected chi connectivity index (χ4v) is 5.38. The number of ether oxygens (including phenoxy) is 1. The van der Waals surface area contributed by atoms with Gasteiger partial charge in [0, 0.05) is 12.1 Å². The highest BCUT2D eigenvalue weighted by Crippen LogP contribution is 2.27. The third-order valence-corrected chi connectivity index (χ3v) is 7.35. The summed E-state index contributed by atoms with van der Waals surface area (Å²) in [7, 11) is -3.83. The minimum Gasteiger partial charge on any atom is -0.464 e. The van der Waals surface area contributed by atoms with Gasteiger partial charge in [0.05, 0.1) is 11.5 Å². The summed E-state index contributed by atoms with van der Waals surface area (Å²) in [4.78, 5) is 24.2. The van der Waals surface area contributed by atoms with Crippen LogP contribution in [0, 0.1) is 5.92 Å². The highest BCUT2D eigenvalue weighted by Gasteiger charge is 2.38. The second-order valence-electron chi connectivity index (χ2n) is 7.49. The Morgan fingerprint density at radius 3 is 2.50 bits per heavy atom. The molecule has 1 saturated heterocycles. The van der Waals surface area contributed by atoms with Gasteiger partial charge < -0.3 is 4.74 Å². The highest BCUT2D eigenvalue weighted by molar-refractivity contribution is 7.89. The van der Waals surface area contributed by atoms with Crippen LogP contribution in [0.4, 0.5) is 0 Å². The van der Waals surface area contributed by atoms with Gasteiger partial charge in [0.25, 0.3) is 0 Å². The van der Waals surface area contributed by atoms with Gasteiger partial charge in [-0.05, 0) is 63.5 Å². The number of hydrogen-bond donors (Lipinski definition) is 0. The molecule has 0 spiro atoms. The van der Waals surface area contributed by atoms with Gasteiger partial charge in [-0.25, -0.2) is 8.42 Å². The van der Waals surface area contributed by atoms with Gasteiger partial charge in [-0.15, -0.1) is 0 Å². The van der Waals surface area contributed by atoms with E-state index in [4.69, 9.17) is 4.74 Å². The van der Waals surface area contributed by atoms with E-state index < -0.39 is 22.0 Å². The minimum atomic E-state index is -3.83. The molecule has 7 heteroatoms. The van der Waals surface area contributed by atoms with E-state index in [1.807, 2.05) is 0 Å². The van der Waals surface area contributed by atoms with Crippen molar-refractivity contribution in [3.05, 3.63) is 42.0 Å². The molecular formula is C21H27NO5S. The van der Waals surface area contributed by atoms with Crippen LogP contribution >= 0.6 is 0 Å². The predicted molar refractivity (Wildman–Crippen MR) is 105 cm³/mol. The van der Waals surface area contributed by atoms with Gasteiger partial charge in [0.15, 0.2) is 5.78 Å². The number of nitrogens with zero attached hydrogens (tertiary/aromatic N) is 1. The van der Waals surface area contributed by atoms with Crippen molar-refractivity contribution >= 4 is 21.8 Å². The molecule has 6 nitrogen and oxygen atoms in total. The first-order valence-electron chi connectivity index (χ1n) is 9.84. The minimum absolute atomic E-state index is 0.0922. The smallest absolute Gasteiger partial charge is 0.324 e. The third kappa shape index (κ3) is 4.70.